The number of nitrogens with zero attached hydrogens (tertiary/aromatic N) is 3. The molecule has 2 heterocycles. The minimum atomic E-state index is -0.728. The van der Waals surface area contributed by atoms with Gasteiger partial charge in [0.15, 0.2) is 11.7 Å². The van der Waals surface area contributed by atoms with E-state index < -0.39 is 11.6 Å². The third kappa shape index (κ3) is 3.91. The first-order chi connectivity index (χ1) is 15.6. The second-order valence-electron chi connectivity index (χ2n) is 7.67. The van der Waals surface area contributed by atoms with E-state index in [0.717, 1.165) is 48.3 Å². The minimum absolute atomic E-state index is 0.122. The van der Waals surface area contributed by atoms with Crippen LogP contribution in [0.4, 0.5) is 14.6 Å². The maximum atomic E-state index is 14.0. The van der Waals surface area contributed by atoms with Gasteiger partial charge in [-0.25, -0.2) is 18.4 Å². The smallest absolute Gasteiger partial charge is 0.226 e. The van der Waals surface area contributed by atoms with E-state index in [-0.39, 0.29) is 30.1 Å². The molecular weight excluding hydrogens is 414 g/mol. The molecule has 0 radical (unpaired) electrons. The van der Waals surface area contributed by atoms with Crippen LogP contribution in [-0.2, 0) is 24.1 Å². The number of para-hydroxylation sites is 1. The second-order valence-corrected chi connectivity index (χ2v) is 7.67. The summed E-state index contributed by atoms with van der Waals surface area (Å²) in [6.07, 6.45) is 4.56. The zero-order chi connectivity index (χ0) is 22.1. The normalized spacial score (nSPS) is 12.7. The number of hydrogen-bond acceptors (Lipinski definition) is 4. The molecule has 1 aliphatic rings. The van der Waals surface area contributed by atoms with E-state index in [4.69, 9.17) is 9.52 Å². The summed E-state index contributed by atoms with van der Waals surface area (Å²) in [5.41, 5.74) is 3.10. The van der Waals surface area contributed by atoms with Crippen molar-refractivity contribution in [2.45, 2.75) is 32.1 Å². The monoisotopic (exact) mass is 434 g/mol. The summed E-state index contributed by atoms with van der Waals surface area (Å²) in [4.78, 5) is 16.8. The summed E-state index contributed by atoms with van der Waals surface area (Å²) in [5, 5.41) is 7.70. The number of fused-ring (bicyclic) bond motifs is 1. The fourth-order valence-electron chi connectivity index (χ4n) is 3.93. The summed E-state index contributed by atoms with van der Waals surface area (Å²) >= 11 is 0. The predicted molar refractivity (Wildman–Crippen MR) is 114 cm³/mol. The van der Waals surface area contributed by atoms with Gasteiger partial charge in [0.2, 0.25) is 5.91 Å². The molecule has 0 spiro atoms. The third-order valence-corrected chi connectivity index (χ3v) is 5.48. The van der Waals surface area contributed by atoms with Gasteiger partial charge in [-0.1, -0.05) is 18.2 Å². The lowest BCUT2D eigenvalue weighted by Gasteiger charge is -2.10. The Morgan fingerprint density at radius 3 is 2.78 bits per heavy atom. The SMILES string of the molecule is O=C(CCc1ncc(-c2ccc(F)cc2F)o1)Nc1c2c(nn1-c1ccccc1)CCC2. The van der Waals surface area contributed by atoms with Crippen molar-refractivity contribution in [1.29, 1.82) is 0 Å². The molecule has 0 saturated carbocycles. The van der Waals surface area contributed by atoms with Crippen molar-refractivity contribution >= 4 is 11.7 Å². The van der Waals surface area contributed by atoms with Crippen LogP contribution < -0.4 is 5.32 Å². The van der Waals surface area contributed by atoms with Crippen LogP contribution in [-0.4, -0.2) is 20.7 Å². The number of anilines is 1. The molecule has 1 aliphatic carbocycles. The predicted octanol–water partition coefficient (Wildman–Crippen LogP) is 4.87. The Morgan fingerprint density at radius 2 is 1.97 bits per heavy atom. The molecule has 5 rings (SSSR count). The van der Waals surface area contributed by atoms with Gasteiger partial charge in [-0.15, -0.1) is 0 Å². The quantitative estimate of drug-likeness (QED) is 0.470. The largest absolute Gasteiger partial charge is 0.441 e. The molecule has 6 nitrogen and oxygen atoms in total. The maximum Gasteiger partial charge on any atom is 0.226 e. The van der Waals surface area contributed by atoms with E-state index in [2.05, 4.69) is 10.3 Å². The van der Waals surface area contributed by atoms with Gasteiger partial charge in [-0.2, -0.15) is 5.10 Å². The van der Waals surface area contributed by atoms with E-state index in [1.165, 1.54) is 12.3 Å². The first kappa shape index (κ1) is 20.1. The number of oxazole rings is 1. The number of benzene rings is 2. The number of rotatable bonds is 6. The summed E-state index contributed by atoms with van der Waals surface area (Å²) in [6, 6.07) is 12.9. The van der Waals surface area contributed by atoms with E-state index in [0.29, 0.717) is 11.7 Å². The van der Waals surface area contributed by atoms with Crippen molar-refractivity contribution in [3.63, 3.8) is 0 Å². The summed E-state index contributed by atoms with van der Waals surface area (Å²) < 4.78 is 34.4. The van der Waals surface area contributed by atoms with Gasteiger partial charge in [0.05, 0.1) is 23.1 Å². The van der Waals surface area contributed by atoms with Gasteiger partial charge < -0.3 is 9.73 Å². The van der Waals surface area contributed by atoms with Crippen LogP contribution in [0.25, 0.3) is 17.0 Å². The highest BCUT2D eigenvalue weighted by atomic mass is 19.1. The standard InChI is InChI=1S/C24H20F2N4O2/c25-15-9-10-17(19(26)13-15)21-14-27-23(32-21)12-11-22(31)28-24-18-7-4-8-20(18)29-30(24)16-5-2-1-3-6-16/h1-3,5-6,9-10,13-14H,4,7-8,11-12H2,(H,28,31). The average Bonchev–Trinajstić information content (AvgIpc) is 3.51. The maximum absolute atomic E-state index is 14.0. The lowest BCUT2D eigenvalue weighted by molar-refractivity contribution is -0.116. The third-order valence-electron chi connectivity index (χ3n) is 5.48. The van der Waals surface area contributed by atoms with Gasteiger partial charge >= 0.3 is 0 Å². The average molecular weight is 434 g/mol. The van der Waals surface area contributed by atoms with Crippen molar-refractivity contribution in [3.05, 3.63) is 83.5 Å². The molecule has 0 atom stereocenters. The number of aromatic nitrogens is 3. The fraction of sp³-hybridized carbons (Fsp3) is 0.208. The molecule has 1 amide bonds. The molecule has 0 saturated heterocycles. The first-order valence-electron chi connectivity index (χ1n) is 10.4. The van der Waals surface area contributed by atoms with Gasteiger partial charge in [-0.05, 0) is 43.5 Å². The van der Waals surface area contributed by atoms with Crippen LogP contribution in [0.1, 0.15) is 30.0 Å². The molecule has 32 heavy (non-hydrogen) atoms. The van der Waals surface area contributed by atoms with Gasteiger partial charge in [-0.3, -0.25) is 4.79 Å². The van der Waals surface area contributed by atoms with Gasteiger partial charge in [0.25, 0.3) is 0 Å². The zero-order valence-corrected chi connectivity index (χ0v) is 17.1. The van der Waals surface area contributed by atoms with E-state index in [1.807, 2.05) is 30.3 Å². The Hall–Kier alpha value is -3.81. The van der Waals surface area contributed by atoms with Crippen LogP contribution in [0.3, 0.4) is 0 Å². The lowest BCUT2D eigenvalue weighted by Crippen LogP contribution is -2.16. The Morgan fingerprint density at radius 1 is 1.12 bits per heavy atom. The molecule has 162 valence electrons. The van der Waals surface area contributed by atoms with E-state index >= 15 is 0 Å². The van der Waals surface area contributed by atoms with Crippen molar-refractivity contribution in [3.8, 4) is 17.0 Å². The molecule has 0 unspecified atom stereocenters. The van der Waals surface area contributed by atoms with Crippen LogP contribution in [0, 0.1) is 11.6 Å². The van der Waals surface area contributed by atoms with Gasteiger partial charge in [0.1, 0.15) is 17.5 Å². The number of carbonyl (C=O) groups excluding carboxylic acids is 1. The molecule has 0 aliphatic heterocycles. The summed E-state index contributed by atoms with van der Waals surface area (Å²) in [6.45, 7) is 0. The van der Waals surface area contributed by atoms with Crippen LogP contribution >= 0.6 is 0 Å². The van der Waals surface area contributed by atoms with E-state index in [9.17, 15) is 13.6 Å². The highest BCUT2D eigenvalue weighted by molar-refractivity contribution is 5.91. The summed E-state index contributed by atoms with van der Waals surface area (Å²) in [7, 11) is 0. The summed E-state index contributed by atoms with van der Waals surface area (Å²) in [5.74, 6) is -0.379. The Bertz CT molecular complexity index is 1280. The van der Waals surface area contributed by atoms with Crippen molar-refractivity contribution in [2.24, 2.45) is 0 Å². The fourth-order valence-corrected chi connectivity index (χ4v) is 3.93. The van der Waals surface area contributed by atoms with Crippen LogP contribution in [0.2, 0.25) is 0 Å². The van der Waals surface area contributed by atoms with Crippen molar-refractivity contribution < 1.29 is 18.0 Å². The van der Waals surface area contributed by atoms with Crippen LogP contribution in [0.5, 0.6) is 0 Å². The topological polar surface area (TPSA) is 73.0 Å². The second kappa shape index (κ2) is 8.37. The minimum Gasteiger partial charge on any atom is -0.441 e. The molecule has 0 bridgehead atoms. The van der Waals surface area contributed by atoms with Crippen molar-refractivity contribution in [1.82, 2.24) is 14.8 Å². The molecule has 2 aromatic carbocycles. The first-order valence-corrected chi connectivity index (χ1v) is 10.4. The molecule has 1 N–H and O–H groups in total. The molecular formula is C24H20F2N4O2. The number of halogens is 2. The van der Waals surface area contributed by atoms with Crippen LogP contribution in [0.15, 0.2) is 59.1 Å². The Balaban J connectivity index is 1.29. The Kier molecular flexibility index (Phi) is 5.26. The molecule has 2 aromatic heterocycles. The molecule has 0 fully saturated rings. The Labute approximate surface area is 182 Å². The lowest BCUT2D eigenvalue weighted by atomic mass is 10.2. The number of aryl methyl sites for hydroxylation is 2. The number of nitrogens with one attached hydrogen (secondary N) is 1. The molecule has 4 aromatic rings. The number of carbonyl (C=O) groups is 1. The molecule has 8 heteroatoms. The highest BCUT2D eigenvalue weighted by Gasteiger charge is 2.24. The van der Waals surface area contributed by atoms with Gasteiger partial charge in [0, 0.05) is 24.5 Å². The van der Waals surface area contributed by atoms with Crippen molar-refractivity contribution in [2.75, 3.05) is 5.32 Å². The highest BCUT2D eigenvalue weighted by Crippen LogP contribution is 2.31. The zero-order valence-electron chi connectivity index (χ0n) is 17.1. The van der Waals surface area contributed by atoms with E-state index in [1.54, 1.807) is 4.68 Å². The number of amides is 1. The number of hydrogen-bond donors (Lipinski definition) is 1.